The van der Waals surface area contributed by atoms with Crippen molar-refractivity contribution in [1.82, 2.24) is 4.90 Å². The molecule has 25 heavy (non-hydrogen) atoms. The summed E-state index contributed by atoms with van der Waals surface area (Å²) in [5.74, 6) is -0.748. The highest BCUT2D eigenvalue weighted by molar-refractivity contribution is 5.96. The third-order valence-electron chi connectivity index (χ3n) is 5.88. The number of hydrogen-bond acceptors (Lipinski definition) is 3. The van der Waals surface area contributed by atoms with E-state index in [4.69, 9.17) is 5.11 Å². The summed E-state index contributed by atoms with van der Waals surface area (Å²) in [7, 11) is 0. The molecule has 1 unspecified atom stereocenters. The first-order valence-corrected chi connectivity index (χ1v) is 8.91. The fraction of sp³-hybridized carbons (Fsp3) is 0.526. The fourth-order valence-electron chi connectivity index (χ4n) is 3.87. The van der Waals surface area contributed by atoms with Gasteiger partial charge in [-0.2, -0.15) is 0 Å². The Morgan fingerprint density at radius 1 is 1.08 bits per heavy atom. The first-order chi connectivity index (χ1) is 12.0. The van der Waals surface area contributed by atoms with E-state index in [1.54, 1.807) is 29.2 Å². The molecular weight excluding hydrogens is 320 g/mol. The average Bonchev–Trinajstić information content (AvgIpc) is 3.51. The monoisotopic (exact) mass is 342 g/mol. The maximum absolute atomic E-state index is 12.6. The lowest BCUT2D eigenvalue weighted by Crippen LogP contribution is -2.40. The molecule has 132 valence electrons. The van der Waals surface area contributed by atoms with Crippen molar-refractivity contribution in [2.45, 2.75) is 32.1 Å². The van der Waals surface area contributed by atoms with Gasteiger partial charge in [0, 0.05) is 30.3 Å². The lowest BCUT2D eigenvalue weighted by atomic mass is 9.90. The first kappa shape index (κ1) is 16.1. The summed E-state index contributed by atoms with van der Waals surface area (Å²) in [4.78, 5) is 37.3. The second-order valence-electron chi connectivity index (χ2n) is 7.59. The van der Waals surface area contributed by atoms with E-state index in [0.29, 0.717) is 24.3 Å². The average molecular weight is 342 g/mol. The third kappa shape index (κ3) is 3.13. The predicted molar refractivity (Wildman–Crippen MR) is 91.1 cm³/mol. The van der Waals surface area contributed by atoms with E-state index < -0.39 is 5.97 Å². The number of rotatable bonds is 4. The molecule has 1 spiro atoms. The van der Waals surface area contributed by atoms with Crippen LogP contribution in [0.1, 0.15) is 42.5 Å². The van der Waals surface area contributed by atoms with Crippen molar-refractivity contribution in [2.75, 3.05) is 18.4 Å². The molecule has 6 heteroatoms. The molecule has 2 amide bonds. The minimum Gasteiger partial charge on any atom is -0.481 e. The van der Waals surface area contributed by atoms with Crippen molar-refractivity contribution in [3.63, 3.8) is 0 Å². The SMILES string of the molecule is O=C(Nc1ccc(C(=O)N2CCC3(CC2)CC3C(=O)O)cc1)C1CC1. The van der Waals surface area contributed by atoms with Crippen molar-refractivity contribution in [1.29, 1.82) is 0 Å². The van der Waals surface area contributed by atoms with Gasteiger partial charge in [0.05, 0.1) is 5.92 Å². The fourth-order valence-corrected chi connectivity index (χ4v) is 3.87. The van der Waals surface area contributed by atoms with Gasteiger partial charge in [0.25, 0.3) is 5.91 Å². The van der Waals surface area contributed by atoms with Gasteiger partial charge in [0.1, 0.15) is 0 Å². The Hall–Kier alpha value is -2.37. The smallest absolute Gasteiger partial charge is 0.307 e. The number of piperidine rings is 1. The number of carboxylic acid groups (broad SMARTS) is 1. The third-order valence-corrected chi connectivity index (χ3v) is 5.88. The summed E-state index contributed by atoms with van der Waals surface area (Å²) in [5.41, 5.74) is 1.25. The van der Waals surface area contributed by atoms with Crippen molar-refractivity contribution < 1.29 is 19.5 Å². The van der Waals surface area contributed by atoms with Gasteiger partial charge < -0.3 is 15.3 Å². The molecule has 3 aliphatic rings. The molecular formula is C19H22N2O4. The Labute approximate surface area is 146 Å². The molecule has 1 saturated heterocycles. The Morgan fingerprint density at radius 3 is 2.24 bits per heavy atom. The predicted octanol–water partition coefficient (Wildman–Crippen LogP) is 2.36. The zero-order valence-electron chi connectivity index (χ0n) is 14.0. The number of amides is 2. The van der Waals surface area contributed by atoms with E-state index in [-0.39, 0.29) is 29.1 Å². The van der Waals surface area contributed by atoms with E-state index in [0.717, 1.165) is 32.1 Å². The molecule has 1 atom stereocenters. The Balaban J connectivity index is 1.34. The Bertz CT molecular complexity index is 715. The van der Waals surface area contributed by atoms with Crippen molar-refractivity contribution in [2.24, 2.45) is 17.3 Å². The number of nitrogens with zero attached hydrogens (tertiary/aromatic N) is 1. The number of nitrogens with one attached hydrogen (secondary N) is 1. The number of aliphatic carboxylic acids is 1. The summed E-state index contributed by atoms with van der Waals surface area (Å²) in [6, 6.07) is 7.01. The maximum Gasteiger partial charge on any atom is 0.307 e. The molecule has 6 nitrogen and oxygen atoms in total. The van der Waals surface area contributed by atoms with Crippen LogP contribution >= 0.6 is 0 Å². The molecule has 1 aromatic carbocycles. The van der Waals surface area contributed by atoms with Crippen molar-refractivity contribution in [3.05, 3.63) is 29.8 Å². The van der Waals surface area contributed by atoms with E-state index in [2.05, 4.69) is 5.32 Å². The summed E-state index contributed by atoms with van der Waals surface area (Å²) < 4.78 is 0. The number of hydrogen-bond donors (Lipinski definition) is 2. The van der Waals surface area contributed by atoms with Crippen LogP contribution in [0.15, 0.2) is 24.3 Å². The quantitative estimate of drug-likeness (QED) is 0.879. The number of carbonyl (C=O) groups is 3. The van der Waals surface area contributed by atoms with Gasteiger partial charge in [-0.1, -0.05) is 0 Å². The van der Waals surface area contributed by atoms with Gasteiger partial charge >= 0.3 is 5.97 Å². The molecule has 1 heterocycles. The largest absolute Gasteiger partial charge is 0.481 e. The zero-order valence-corrected chi connectivity index (χ0v) is 14.0. The molecule has 2 aliphatic carbocycles. The second-order valence-corrected chi connectivity index (χ2v) is 7.59. The lowest BCUT2D eigenvalue weighted by molar-refractivity contribution is -0.139. The second kappa shape index (κ2) is 5.86. The lowest BCUT2D eigenvalue weighted by Gasteiger charge is -2.32. The number of anilines is 1. The van der Waals surface area contributed by atoms with Crippen LogP contribution in [-0.4, -0.2) is 40.9 Å². The molecule has 1 aliphatic heterocycles. The Morgan fingerprint density at radius 2 is 1.72 bits per heavy atom. The number of benzene rings is 1. The molecule has 0 bridgehead atoms. The molecule has 0 radical (unpaired) electrons. The van der Waals surface area contributed by atoms with Crippen LogP contribution in [0.25, 0.3) is 0 Å². The molecule has 3 fully saturated rings. The topological polar surface area (TPSA) is 86.7 Å². The van der Waals surface area contributed by atoms with Crippen molar-refractivity contribution >= 4 is 23.5 Å². The van der Waals surface area contributed by atoms with Crippen LogP contribution in [0.4, 0.5) is 5.69 Å². The minimum atomic E-state index is -0.705. The van der Waals surface area contributed by atoms with Gasteiger partial charge in [0.15, 0.2) is 0 Å². The summed E-state index contributed by atoms with van der Waals surface area (Å²) in [6.07, 6.45) is 4.21. The minimum absolute atomic E-state index is 0.0255. The number of carboxylic acids is 1. The maximum atomic E-state index is 12.6. The van der Waals surface area contributed by atoms with Gasteiger partial charge in [-0.15, -0.1) is 0 Å². The van der Waals surface area contributed by atoms with E-state index >= 15 is 0 Å². The van der Waals surface area contributed by atoms with Crippen molar-refractivity contribution in [3.8, 4) is 0 Å². The molecule has 2 saturated carbocycles. The zero-order chi connectivity index (χ0) is 17.6. The van der Waals surface area contributed by atoms with Crippen LogP contribution in [0.2, 0.25) is 0 Å². The summed E-state index contributed by atoms with van der Waals surface area (Å²) >= 11 is 0. The molecule has 0 aromatic heterocycles. The Kier molecular flexibility index (Phi) is 3.78. The van der Waals surface area contributed by atoms with E-state index in [1.165, 1.54) is 0 Å². The first-order valence-electron chi connectivity index (χ1n) is 8.91. The van der Waals surface area contributed by atoms with Crippen LogP contribution < -0.4 is 5.32 Å². The van der Waals surface area contributed by atoms with Gasteiger partial charge in [0.2, 0.25) is 5.91 Å². The normalized spacial score (nSPS) is 24.0. The number of carbonyl (C=O) groups excluding carboxylic acids is 2. The van der Waals surface area contributed by atoms with E-state index in [9.17, 15) is 14.4 Å². The van der Waals surface area contributed by atoms with Crippen LogP contribution in [0.5, 0.6) is 0 Å². The van der Waals surface area contributed by atoms with Crippen LogP contribution in [0.3, 0.4) is 0 Å². The van der Waals surface area contributed by atoms with Crippen LogP contribution in [-0.2, 0) is 9.59 Å². The van der Waals surface area contributed by atoms with E-state index in [1.807, 2.05) is 0 Å². The van der Waals surface area contributed by atoms with Gasteiger partial charge in [-0.05, 0) is 61.8 Å². The number of likely N-dealkylation sites (tertiary alicyclic amines) is 1. The highest BCUT2D eigenvalue weighted by Crippen LogP contribution is 2.59. The highest BCUT2D eigenvalue weighted by Gasteiger charge is 2.59. The highest BCUT2D eigenvalue weighted by atomic mass is 16.4. The van der Waals surface area contributed by atoms with Gasteiger partial charge in [-0.3, -0.25) is 14.4 Å². The van der Waals surface area contributed by atoms with Crippen LogP contribution in [0, 0.1) is 17.3 Å². The molecule has 1 aromatic rings. The van der Waals surface area contributed by atoms with Gasteiger partial charge in [-0.25, -0.2) is 0 Å². The standard InChI is InChI=1S/C19H22N2O4/c22-16(12-1-2-12)20-14-5-3-13(4-6-14)17(23)21-9-7-19(8-10-21)11-15(19)18(24)25/h3-6,12,15H,1-2,7-11H2,(H,20,22)(H,24,25). The molecule has 2 N–H and O–H groups in total. The summed E-state index contributed by atoms with van der Waals surface area (Å²) in [6.45, 7) is 1.23. The molecule has 4 rings (SSSR count). The summed E-state index contributed by atoms with van der Waals surface area (Å²) in [5, 5.41) is 12.0.